The number of aryl methyl sites for hydroxylation is 2. The number of furan rings is 1. The fourth-order valence-corrected chi connectivity index (χ4v) is 5.12. The third kappa shape index (κ3) is 8.27. The Bertz CT molecular complexity index is 1800. The second kappa shape index (κ2) is 14.4. The SMILES string of the molecule is Cc1ccc(C)n1-c1ccc(OCc2ccc(C(=O)N/N=C/c3cc(Cl)c(OCC(=O)Nc4ccc(Cl)cc4)c(Cl)c3)o2)cc1. The lowest BCUT2D eigenvalue weighted by atomic mass is 10.2. The van der Waals surface area contributed by atoms with Gasteiger partial charge in [-0.15, -0.1) is 0 Å². The Labute approximate surface area is 274 Å². The van der Waals surface area contributed by atoms with E-state index in [2.05, 4.69) is 46.4 Å². The number of carbonyl (C=O) groups excluding carboxylic acids is 2. The van der Waals surface area contributed by atoms with Crippen LogP contribution in [0.2, 0.25) is 15.1 Å². The average molecular weight is 666 g/mol. The highest BCUT2D eigenvalue weighted by molar-refractivity contribution is 6.37. The number of ether oxygens (including phenoxy) is 2. The topological polar surface area (TPSA) is 107 Å². The van der Waals surface area contributed by atoms with Crippen molar-refractivity contribution in [2.45, 2.75) is 20.5 Å². The summed E-state index contributed by atoms with van der Waals surface area (Å²) >= 11 is 18.5. The molecule has 0 saturated carbocycles. The van der Waals surface area contributed by atoms with Crippen LogP contribution >= 0.6 is 34.8 Å². The Morgan fingerprint density at radius 3 is 2.20 bits per heavy atom. The second-order valence-electron chi connectivity index (χ2n) is 9.86. The van der Waals surface area contributed by atoms with Crippen LogP contribution in [-0.2, 0) is 11.4 Å². The van der Waals surface area contributed by atoms with Crippen molar-refractivity contribution in [3.63, 3.8) is 0 Å². The largest absolute Gasteiger partial charge is 0.486 e. The van der Waals surface area contributed by atoms with E-state index >= 15 is 0 Å². The van der Waals surface area contributed by atoms with Crippen molar-refractivity contribution in [1.82, 2.24) is 9.99 Å². The first-order valence-corrected chi connectivity index (χ1v) is 14.8. The molecule has 5 rings (SSSR count). The minimum Gasteiger partial charge on any atom is -0.486 e. The molecule has 2 amide bonds. The van der Waals surface area contributed by atoms with E-state index in [1.165, 1.54) is 24.4 Å². The van der Waals surface area contributed by atoms with Gasteiger partial charge in [0.05, 0.1) is 16.3 Å². The minimum absolute atomic E-state index is 0.0661. The van der Waals surface area contributed by atoms with Crippen molar-refractivity contribution in [3.8, 4) is 17.2 Å². The molecule has 2 heterocycles. The van der Waals surface area contributed by atoms with Crippen LogP contribution in [0.25, 0.3) is 5.69 Å². The van der Waals surface area contributed by atoms with Crippen molar-refractivity contribution < 1.29 is 23.5 Å². The molecule has 2 N–H and O–H groups in total. The van der Waals surface area contributed by atoms with Gasteiger partial charge >= 0.3 is 5.91 Å². The number of amides is 2. The second-order valence-corrected chi connectivity index (χ2v) is 11.1. The maximum atomic E-state index is 12.5. The molecule has 0 aliphatic heterocycles. The normalized spacial score (nSPS) is 11.0. The summed E-state index contributed by atoms with van der Waals surface area (Å²) in [6.45, 7) is 3.94. The quantitative estimate of drug-likeness (QED) is 0.110. The summed E-state index contributed by atoms with van der Waals surface area (Å²) < 4.78 is 19.1. The highest BCUT2D eigenvalue weighted by atomic mass is 35.5. The van der Waals surface area contributed by atoms with Gasteiger partial charge in [0, 0.05) is 27.8 Å². The number of benzene rings is 3. The number of carbonyl (C=O) groups is 2. The van der Waals surface area contributed by atoms with E-state index in [0.717, 1.165) is 17.1 Å². The van der Waals surface area contributed by atoms with E-state index < -0.39 is 11.8 Å². The molecule has 0 fully saturated rings. The molecule has 0 aliphatic rings. The molecule has 0 spiro atoms. The van der Waals surface area contributed by atoms with Crippen molar-refractivity contribution >= 4 is 58.5 Å². The van der Waals surface area contributed by atoms with E-state index in [4.69, 9.17) is 48.7 Å². The molecular formula is C33H27Cl3N4O5. The minimum atomic E-state index is -0.553. The summed E-state index contributed by atoms with van der Waals surface area (Å²) in [5.41, 5.74) is 6.80. The van der Waals surface area contributed by atoms with E-state index in [9.17, 15) is 9.59 Å². The number of anilines is 1. The van der Waals surface area contributed by atoms with E-state index in [1.54, 1.807) is 30.3 Å². The number of hydrogen-bond donors (Lipinski definition) is 2. The molecule has 0 unspecified atom stereocenters. The van der Waals surface area contributed by atoms with E-state index in [-0.39, 0.29) is 34.8 Å². The van der Waals surface area contributed by atoms with E-state index in [0.29, 0.717) is 27.8 Å². The van der Waals surface area contributed by atoms with Gasteiger partial charge in [0.15, 0.2) is 18.1 Å². The third-order valence-electron chi connectivity index (χ3n) is 6.51. The molecule has 3 aromatic carbocycles. The van der Waals surface area contributed by atoms with Gasteiger partial charge in [-0.05, 0) is 104 Å². The average Bonchev–Trinajstić information content (AvgIpc) is 3.63. The zero-order valence-corrected chi connectivity index (χ0v) is 26.4. The maximum absolute atomic E-state index is 12.5. The van der Waals surface area contributed by atoms with Gasteiger partial charge in [0.25, 0.3) is 5.91 Å². The summed E-state index contributed by atoms with van der Waals surface area (Å²) in [6.07, 6.45) is 1.36. The molecule has 9 nitrogen and oxygen atoms in total. The molecule has 0 aliphatic carbocycles. The molecule has 12 heteroatoms. The molecular weight excluding hydrogens is 639 g/mol. The Balaban J connectivity index is 1.10. The van der Waals surface area contributed by atoms with Crippen LogP contribution < -0.4 is 20.2 Å². The van der Waals surface area contributed by atoms with Gasteiger partial charge in [-0.1, -0.05) is 34.8 Å². The first-order chi connectivity index (χ1) is 21.7. The number of hydrazone groups is 1. The van der Waals surface area contributed by atoms with Gasteiger partial charge in [-0.3, -0.25) is 9.59 Å². The van der Waals surface area contributed by atoms with Crippen molar-refractivity contribution in [2.24, 2.45) is 5.10 Å². The number of nitrogens with zero attached hydrogens (tertiary/aromatic N) is 2. The van der Waals surface area contributed by atoms with E-state index in [1.807, 2.05) is 24.3 Å². The highest BCUT2D eigenvalue weighted by Crippen LogP contribution is 2.34. The van der Waals surface area contributed by atoms with Crippen LogP contribution in [0.15, 0.2) is 94.4 Å². The lowest BCUT2D eigenvalue weighted by molar-refractivity contribution is -0.118. The van der Waals surface area contributed by atoms with Crippen LogP contribution in [0.1, 0.15) is 33.3 Å². The summed E-state index contributed by atoms with van der Waals surface area (Å²) in [5, 5.41) is 7.51. The predicted octanol–water partition coefficient (Wildman–Crippen LogP) is 8.01. The molecule has 0 radical (unpaired) electrons. The maximum Gasteiger partial charge on any atom is 0.307 e. The molecule has 0 bridgehead atoms. The van der Waals surface area contributed by atoms with Gasteiger partial charge in [0.1, 0.15) is 18.1 Å². The summed E-state index contributed by atoms with van der Waals surface area (Å²) in [7, 11) is 0. The first kappa shape index (κ1) is 31.7. The van der Waals surface area contributed by atoms with Crippen molar-refractivity contribution in [2.75, 3.05) is 11.9 Å². The van der Waals surface area contributed by atoms with Crippen LogP contribution in [0, 0.1) is 13.8 Å². The predicted molar refractivity (Wildman–Crippen MR) is 175 cm³/mol. The van der Waals surface area contributed by atoms with Crippen LogP contribution in [0.3, 0.4) is 0 Å². The number of aromatic nitrogens is 1. The van der Waals surface area contributed by atoms with Crippen LogP contribution in [0.5, 0.6) is 11.5 Å². The smallest absolute Gasteiger partial charge is 0.307 e. The van der Waals surface area contributed by atoms with Gasteiger partial charge in [-0.2, -0.15) is 5.10 Å². The number of halogens is 3. The standard InChI is InChI=1S/C33H27Cl3N4O5/c1-20-3-4-21(2)40(20)25-9-11-26(12-10-25)43-18-27-13-14-30(45-27)33(42)39-37-17-22-15-28(35)32(29(36)16-22)44-19-31(41)38-24-7-5-23(34)6-8-24/h3-17H,18-19H2,1-2H3,(H,38,41)(H,39,42)/b37-17+. The zero-order valence-electron chi connectivity index (χ0n) is 24.1. The summed E-state index contributed by atoms with van der Waals surface area (Å²) in [4.78, 5) is 24.8. The van der Waals surface area contributed by atoms with Crippen LogP contribution in [-0.4, -0.2) is 29.2 Å². The van der Waals surface area contributed by atoms with Crippen LogP contribution in [0.4, 0.5) is 5.69 Å². The third-order valence-corrected chi connectivity index (χ3v) is 7.32. The Morgan fingerprint density at radius 1 is 0.867 bits per heavy atom. The molecule has 0 atom stereocenters. The molecule has 5 aromatic rings. The van der Waals surface area contributed by atoms with Gasteiger partial charge in [-0.25, -0.2) is 5.43 Å². The highest BCUT2D eigenvalue weighted by Gasteiger charge is 2.14. The lowest BCUT2D eigenvalue weighted by Crippen LogP contribution is -2.20. The zero-order chi connectivity index (χ0) is 31.9. The summed E-state index contributed by atoms with van der Waals surface area (Å²) in [6, 6.07) is 24.8. The number of hydrogen-bond acceptors (Lipinski definition) is 6. The van der Waals surface area contributed by atoms with Crippen molar-refractivity contribution in [3.05, 3.63) is 128 Å². The molecule has 0 saturated heterocycles. The Hall–Kier alpha value is -4.70. The number of nitrogens with one attached hydrogen (secondary N) is 2. The Kier molecular flexibility index (Phi) is 10.1. The fraction of sp³-hybridized carbons (Fsp3) is 0.121. The van der Waals surface area contributed by atoms with Crippen molar-refractivity contribution in [1.29, 1.82) is 0 Å². The molecule has 45 heavy (non-hydrogen) atoms. The van der Waals surface area contributed by atoms with Gasteiger partial charge < -0.3 is 23.8 Å². The van der Waals surface area contributed by atoms with Gasteiger partial charge in [0.2, 0.25) is 0 Å². The molecule has 230 valence electrons. The number of rotatable bonds is 11. The molecule has 2 aromatic heterocycles. The summed E-state index contributed by atoms with van der Waals surface area (Å²) in [5.74, 6) is 0.389. The lowest BCUT2D eigenvalue weighted by Gasteiger charge is -2.11. The fourth-order valence-electron chi connectivity index (χ4n) is 4.38. The Morgan fingerprint density at radius 2 is 1.53 bits per heavy atom. The first-order valence-electron chi connectivity index (χ1n) is 13.6. The monoisotopic (exact) mass is 664 g/mol.